The molecule has 0 amide bonds. The molecule has 0 saturated carbocycles. The number of aliphatic hydroxyl groups is 2. The molecule has 16 heavy (non-hydrogen) atoms. The average molecular weight is 236 g/mol. The number of hydrogen-bond donors (Lipinski definition) is 2. The lowest BCUT2D eigenvalue weighted by atomic mass is 10.3. The van der Waals surface area contributed by atoms with Gasteiger partial charge in [0.1, 0.15) is 0 Å². The Morgan fingerprint density at radius 3 is 2.12 bits per heavy atom. The minimum absolute atomic E-state index is 0.00347. The third kappa shape index (κ3) is 5.77. The van der Waals surface area contributed by atoms with E-state index in [4.69, 9.17) is 14.2 Å². The molecule has 0 aromatic rings. The second-order valence-corrected chi connectivity index (χ2v) is 3.44. The van der Waals surface area contributed by atoms with Crippen LogP contribution in [0, 0.1) is 0 Å². The van der Waals surface area contributed by atoms with E-state index in [1.165, 1.54) is 0 Å². The van der Waals surface area contributed by atoms with Gasteiger partial charge >= 0.3 is 5.97 Å². The summed E-state index contributed by atoms with van der Waals surface area (Å²) in [6.45, 7) is 6.54. The van der Waals surface area contributed by atoms with Crippen LogP contribution >= 0.6 is 0 Å². The fourth-order valence-corrected chi connectivity index (χ4v) is 1.19. The van der Waals surface area contributed by atoms with E-state index in [1.54, 1.807) is 13.8 Å². The number of rotatable bonds is 10. The maximum atomic E-state index is 9.86. The molecule has 0 aromatic carbocycles. The minimum Gasteiger partial charge on any atom is -0.382 e. The predicted molar refractivity (Wildman–Crippen MR) is 59.9 cm³/mol. The summed E-state index contributed by atoms with van der Waals surface area (Å²) in [4.78, 5) is 0. The van der Waals surface area contributed by atoms with E-state index in [0.29, 0.717) is 6.61 Å². The predicted octanol–water partition coefficient (Wildman–Crippen LogP) is 0.883. The highest BCUT2D eigenvalue weighted by Crippen LogP contribution is 2.15. The molecule has 0 aliphatic heterocycles. The Labute approximate surface area is 97.3 Å². The van der Waals surface area contributed by atoms with Crippen LogP contribution in [0.2, 0.25) is 0 Å². The van der Waals surface area contributed by atoms with Crippen LogP contribution in [0.15, 0.2) is 0 Å². The van der Waals surface area contributed by atoms with Gasteiger partial charge in [-0.15, -0.1) is 0 Å². The van der Waals surface area contributed by atoms with Crippen LogP contribution in [0.4, 0.5) is 0 Å². The van der Waals surface area contributed by atoms with Crippen LogP contribution in [0.25, 0.3) is 0 Å². The monoisotopic (exact) mass is 236 g/mol. The number of aliphatic hydroxyl groups excluding tert-OH is 1. The van der Waals surface area contributed by atoms with E-state index in [1.807, 2.05) is 0 Å². The van der Waals surface area contributed by atoms with Crippen LogP contribution in [-0.4, -0.2) is 48.7 Å². The van der Waals surface area contributed by atoms with Crippen molar-refractivity contribution in [2.24, 2.45) is 0 Å². The molecule has 1 atom stereocenters. The summed E-state index contributed by atoms with van der Waals surface area (Å²) >= 11 is 0. The van der Waals surface area contributed by atoms with E-state index in [9.17, 15) is 10.2 Å². The van der Waals surface area contributed by atoms with Crippen molar-refractivity contribution in [3.05, 3.63) is 0 Å². The quantitative estimate of drug-likeness (QED) is 0.435. The lowest BCUT2D eigenvalue weighted by molar-refractivity contribution is -0.397. The molecule has 0 spiro atoms. The Bertz CT molecular complexity index is 156. The summed E-state index contributed by atoms with van der Waals surface area (Å²) in [6, 6.07) is 0. The van der Waals surface area contributed by atoms with Gasteiger partial charge in [0, 0.05) is 19.8 Å². The summed E-state index contributed by atoms with van der Waals surface area (Å²) in [5.41, 5.74) is 0. The molecule has 0 bridgehead atoms. The van der Waals surface area contributed by atoms with Crippen molar-refractivity contribution >= 4 is 0 Å². The maximum absolute atomic E-state index is 9.86. The normalized spacial score (nSPS) is 14.1. The minimum atomic E-state index is -1.96. The van der Waals surface area contributed by atoms with Gasteiger partial charge in [0.2, 0.25) is 0 Å². The zero-order chi connectivity index (χ0) is 12.4. The highest BCUT2D eigenvalue weighted by atomic mass is 16.8. The van der Waals surface area contributed by atoms with E-state index in [2.05, 4.69) is 6.92 Å². The second-order valence-electron chi connectivity index (χ2n) is 3.44. The first-order valence-corrected chi connectivity index (χ1v) is 5.86. The maximum Gasteiger partial charge on any atom is 0.310 e. The standard InChI is InChI=1S/C11H24O5/c1-4-7-8-14-9-10(12)11(13,15-5-2)16-6-3/h10,12-13H,4-9H2,1-3H3. The largest absolute Gasteiger partial charge is 0.382 e. The van der Waals surface area contributed by atoms with E-state index in [-0.39, 0.29) is 19.8 Å². The Balaban J connectivity index is 4.00. The van der Waals surface area contributed by atoms with E-state index in [0.717, 1.165) is 12.8 Å². The van der Waals surface area contributed by atoms with Crippen LogP contribution in [0.5, 0.6) is 0 Å². The van der Waals surface area contributed by atoms with Crippen LogP contribution in [0.1, 0.15) is 33.6 Å². The Hall–Kier alpha value is -0.200. The van der Waals surface area contributed by atoms with Crippen molar-refractivity contribution in [1.82, 2.24) is 0 Å². The van der Waals surface area contributed by atoms with Gasteiger partial charge in [-0.1, -0.05) is 13.3 Å². The Kier molecular flexibility index (Phi) is 8.78. The molecule has 0 aliphatic rings. The first-order chi connectivity index (χ1) is 7.60. The van der Waals surface area contributed by atoms with Gasteiger partial charge in [-0.25, -0.2) is 0 Å². The van der Waals surface area contributed by atoms with Crippen molar-refractivity contribution < 1.29 is 24.4 Å². The Morgan fingerprint density at radius 1 is 1.12 bits per heavy atom. The van der Waals surface area contributed by atoms with Crippen molar-refractivity contribution in [3.63, 3.8) is 0 Å². The molecule has 98 valence electrons. The first kappa shape index (κ1) is 15.8. The van der Waals surface area contributed by atoms with Crippen molar-refractivity contribution in [1.29, 1.82) is 0 Å². The van der Waals surface area contributed by atoms with Gasteiger partial charge in [0.05, 0.1) is 6.61 Å². The summed E-state index contributed by atoms with van der Waals surface area (Å²) in [5, 5.41) is 19.6. The van der Waals surface area contributed by atoms with Gasteiger partial charge in [-0.2, -0.15) is 0 Å². The van der Waals surface area contributed by atoms with Gasteiger partial charge in [0.25, 0.3) is 0 Å². The number of ether oxygens (including phenoxy) is 3. The summed E-state index contributed by atoms with van der Waals surface area (Å²) < 4.78 is 15.2. The topological polar surface area (TPSA) is 68.2 Å². The van der Waals surface area contributed by atoms with Gasteiger partial charge < -0.3 is 24.4 Å². The first-order valence-electron chi connectivity index (χ1n) is 5.86. The highest BCUT2D eigenvalue weighted by molar-refractivity contribution is 4.67. The molecular formula is C11H24O5. The zero-order valence-electron chi connectivity index (χ0n) is 10.4. The molecule has 0 saturated heterocycles. The third-order valence-electron chi connectivity index (χ3n) is 2.04. The molecule has 2 N–H and O–H groups in total. The molecule has 1 unspecified atom stereocenters. The highest BCUT2D eigenvalue weighted by Gasteiger charge is 2.37. The number of hydrogen-bond acceptors (Lipinski definition) is 5. The van der Waals surface area contributed by atoms with Gasteiger partial charge in [0.15, 0.2) is 6.10 Å². The molecule has 0 fully saturated rings. The molecule has 0 heterocycles. The molecular weight excluding hydrogens is 212 g/mol. The molecule has 0 aromatic heterocycles. The fraction of sp³-hybridized carbons (Fsp3) is 1.00. The van der Waals surface area contributed by atoms with Crippen molar-refractivity contribution in [2.45, 2.75) is 45.7 Å². The zero-order valence-corrected chi connectivity index (χ0v) is 10.4. The van der Waals surface area contributed by atoms with Gasteiger partial charge in [-0.05, 0) is 20.3 Å². The molecule has 0 radical (unpaired) electrons. The average Bonchev–Trinajstić information content (AvgIpc) is 2.24. The van der Waals surface area contributed by atoms with Crippen LogP contribution in [0.3, 0.4) is 0 Å². The third-order valence-corrected chi connectivity index (χ3v) is 2.04. The van der Waals surface area contributed by atoms with E-state index >= 15 is 0 Å². The smallest absolute Gasteiger partial charge is 0.310 e. The van der Waals surface area contributed by atoms with Crippen LogP contribution in [-0.2, 0) is 14.2 Å². The van der Waals surface area contributed by atoms with Crippen molar-refractivity contribution in [3.8, 4) is 0 Å². The lowest BCUT2D eigenvalue weighted by Gasteiger charge is -2.31. The second kappa shape index (κ2) is 8.90. The molecule has 5 nitrogen and oxygen atoms in total. The molecule has 5 heteroatoms. The Morgan fingerprint density at radius 2 is 1.69 bits per heavy atom. The number of unbranched alkanes of at least 4 members (excludes halogenated alkanes) is 1. The van der Waals surface area contributed by atoms with Gasteiger partial charge in [-0.3, -0.25) is 0 Å². The lowest BCUT2D eigenvalue weighted by Crippen LogP contribution is -2.49. The SMILES string of the molecule is CCCCOCC(O)C(O)(OCC)OCC. The fourth-order valence-electron chi connectivity index (χ4n) is 1.19. The summed E-state index contributed by atoms with van der Waals surface area (Å²) in [6.07, 6.45) is 0.746. The molecule has 0 aliphatic carbocycles. The van der Waals surface area contributed by atoms with E-state index < -0.39 is 12.1 Å². The van der Waals surface area contributed by atoms with Crippen LogP contribution < -0.4 is 0 Å². The summed E-state index contributed by atoms with van der Waals surface area (Å²) in [5.74, 6) is -1.96. The summed E-state index contributed by atoms with van der Waals surface area (Å²) in [7, 11) is 0. The van der Waals surface area contributed by atoms with Crippen molar-refractivity contribution in [2.75, 3.05) is 26.4 Å². The molecule has 0 rings (SSSR count).